The summed E-state index contributed by atoms with van der Waals surface area (Å²) in [6.07, 6.45) is 4.05. The van der Waals surface area contributed by atoms with Crippen molar-refractivity contribution in [2.45, 2.75) is 32.1 Å². The Hall–Kier alpha value is -3.02. The lowest BCUT2D eigenvalue weighted by atomic mass is 9.92. The minimum Gasteiger partial charge on any atom is -0.337 e. The first kappa shape index (κ1) is 18.3. The van der Waals surface area contributed by atoms with Gasteiger partial charge in [-0.1, -0.05) is 18.2 Å². The van der Waals surface area contributed by atoms with Crippen molar-refractivity contribution in [3.63, 3.8) is 0 Å². The Balaban J connectivity index is 1.54. The number of halogens is 1. The lowest BCUT2D eigenvalue weighted by Crippen LogP contribution is -2.39. The van der Waals surface area contributed by atoms with Crippen molar-refractivity contribution >= 4 is 5.91 Å². The van der Waals surface area contributed by atoms with Crippen molar-refractivity contribution in [1.82, 2.24) is 20.1 Å². The first-order chi connectivity index (χ1) is 13.6. The summed E-state index contributed by atoms with van der Waals surface area (Å²) in [7, 11) is 0. The van der Waals surface area contributed by atoms with Crippen LogP contribution in [0.15, 0.2) is 48.7 Å². The number of carbonyl (C=O) groups excluding carboxylic acids is 1. The molecule has 1 amide bonds. The molecule has 0 unspecified atom stereocenters. The van der Waals surface area contributed by atoms with E-state index in [1.165, 1.54) is 6.07 Å². The van der Waals surface area contributed by atoms with Crippen LogP contribution in [0.3, 0.4) is 0 Å². The van der Waals surface area contributed by atoms with E-state index in [0.717, 1.165) is 36.3 Å². The Morgan fingerprint density at radius 2 is 2.14 bits per heavy atom. The van der Waals surface area contributed by atoms with Gasteiger partial charge >= 0.3 is 0 Å². The smallest absolute Gasteiger partial charge is 0.271 e. The van der Waals surface area contributed by atoms with E-state index in [4.69, 9.17) is 4.98 Å². The summed E-state index contributed by atoms with van der Waals surface area (Å²) in [4.78, 5) is 19.2. The summed E-state index contributed by atoms with van der Waals surface area (Å²) in [6, 6.07) is 12.6. The van der Waals surface area contributed by atoms with Crippen molar-refractivity contribution in [2.24, 2.45) is 0 Å². The maximum atomic E-state index is 14.0. The Bertz CT molecular complexity index is 970. The molecule has 1 N–H and O–H groups in total. The molecule has 2 aromatic heterocycles. The van der Waals surface area contributed by atoms with Gasteiger partial charge in [-0.3, -0.25) is 14.9 Å². The molecule has 5 nitrogen and oxygen atoms in total. The maximum absolute atomic E-state index is 14.0. The van der Waals surface area contributed by atoms with E-state index in [1.807, 2.05) is 30.0 Å². The van der Waals surface area contributed by atoms with E-state index in [2.05, 4.69) is 16.3 Å². The molecule has 1 fully saturated rings. The second kappa shape index (κ2) is 7.92. The van der Waals surface area contributed by atoms with Gasteiger partial charge < -0.3 is 4.90 Å². The highest BCUT2D eigenvalue weighted by atomic mass is 19.1. The second-order valence-corrected chi connectivity index (χ2v) is 7.37. The van der Waals surface area contributed by atoms with Gasteiger partial charge in [0, 0.05) is 43.0 Å². The number of rotatable bonds is 4. The molecule has 1 aliphatic rings. The Morgan fingerprint density at radius 3 is 2.93 bits per heavy atom. The third-order valence-electron chi connectivity index (χ3n) is 5.24. The van der Waals surface area contributed by atoms with Crippen LogP contribution in [0, 0.1) is 12.7 Å². The second-order valence-electron chi connectivity index (χ2n) is 7.37. The minimum absolute atomic E-state index is 0.0265. The van der Waals surface area contributed by atoms with Gasteiger partial charge in [0.05, 0.1) is 0 Å². The first-order valence-corrected chi connectivity index (χ1v) is 9.59. The number of nitrogens with zero attached hydrogens (tertiary/aromatic N) is 3. The lowest BCUT2D eigenvalue weighted by molar-refractivity contribution is 0.0700. The molecule has 1 atom stereocenters. The quantitative estimate of drug-likeness (QED) is 0.750. The van der Waals surface area contributed by atoms with Crippen LogP contribution in [-0.4, -0.2) is 39.1 Å². The monoisotopic (exact) mass is 378 g/mol. The predicted molar refractivity (Wildman–Crippen MR) is 105 cm³/mol. The van der Waals surface area contributed by atoms with Crippen molar-refractivity contribution in [2.75, 3.05) is 13.1 Å². The molecule has 0 saturated carbocycles. The Kier molecular flexibility index (Phi) is 5.19. The topological polar surface area (TPSA) is 61.9 Å². The predicted octanol–water partition coefficient (Wildman–Crippen LogP) is 3.86. The molecule has 3 aromatic rings. The van der Waals surface area contributed by atoms with Gasteiger partial charge in [-0.05, 0) is 55.2 Å². The van der Waals surface area contributed by atoms with E-state index in [9.17, 15) is 9.18 Å². The van der Waals surface area contributed by atoms with Crippen molar-refractivity contribution in [3.05, 3.63) is 82.7 Å². The third kappa shape index (κ3) is 3.96. The van der Waals surface area contributed by atoms with Crippen LogP contribution < -0.4 is 0 Å². The summed E-state index contributed by atoms with van der Waals surface area (Å²) < 4.78 is 14.0. The summed E-state index contributed by atoms with van der Waals surface area (Å²) >= 11 is 0. The highest BCUT2D eigenvalue weighted by molar-refractivity contribution is 5.92. The molecular formula is C22H23FN4O. The Labute approximate surface area is 163 Å². The Morgan fingerprint density at radius 1 is 1.29 bits per heavy atom. The number of likely N-dealkylation sites (tertiary alicyclic amines) is 1. The molecular weight excluding hydrogens is 355 g/mol. The first-order valence-electron chi connectivity index (χ1n) is 9.59. The van der Waals surface area contributed by atoms with Crippen molar-refractivity contribution < 1.29 is 9.18 Å². The molecule has 1 aliphatic heterocycles. The summed E-state index contributed by atoms with van der Waals surface area (Å²) in [5.74, 6) is -0.0335. The number of pyridine rings is 1. The van der Waals surface area contributed by atoms with Crippen LogP contribution in [0.1, 0.15) is 51.8 Å². The SMILES string of the molecule is Cc1cc(Cc2ccccc2F)cc([C@H]2CCCN(C(=O)c3ccn[nH]3)C2)n1. The highest BCUT2D eigenvalue weighted by Gasteiger charge is 2.27. The number of H-pyrrole nitrogens is 1. The fourth-order valence-corrected chi connectivity index (χ4v) is 3.89. The number of amides is 1. The van der Waals surface area contributed by atoms with E-state index in [1.54, 1.807) is 18.3 Å². The molecule has 0 radical (unpaired) electrons. The lowest BCUT2D eigenvalue weighted by Gasteiger charge is -2.32. The molecule has 28 heavy (non-hydrogen) atoms. The number of hydrogen-bond donors (Lipinski definition) is 1. The number of aromatic amines is 1. The minimum atomic E-state index is -0.187. The summed E-state index contributed by atoms with van der Waals surface area (Å²) in [5.41, 5.74) is 4.13. The van der Waals surface area contributed by atoms with E-state index in [0.29, 0.717) is 24.2 Å². The largest absolute Gasteiger partial charge is 0.337 e. The molecule has 0 aliphatic carbocycles. The average Bonchev–Trinajstić information content (AvgIpc) is 3.24. The molecule has 1 saturated heterocycles. The fraction of sp³-hybridized carbons (Fsp3) is 0.318. The summed E-state index contributed by atoms with van der Waals surface area (Å²) in [5, 5.41) is 6.62. The number of aryl methyl sites for hydroxylation is 1. The van der Waals surface area contributed by atoms with Crippen LogP contribution in [0.4, 0.5) is 4.39 Å². The standard InChI is InChI=1S/C22H23FN4O/c1-15-11-16(12-17-5-2-3-7-19(17)23)13-21(25-15)18-6-4-10-27(14-18)22(28)20-8-9-24-26-20/h2-3,5,7-9,11,13,18H,4,6,10,12,14H2,1H3,(H,24,26)/t18-/m0/s1. The van der Waals surface area contributed by atoms with Gasteiger partial charge in [-0.15, -0.1) is 0 Å². The van der Waals surface area contributed by atoms with Gasteiger partial charge in [0.1, 0.15) is 11.5 Å². The molecule has 0 spiro atoms. The fourth-order valence-electron chi connectivity index (χ4n) is 3.89. The van der Waals surface area contributed by atoms with Crippen LogP contribution in [0.25, 0.3) is 0 Å². The van der Waals surface area contributed by atoms with Gasteiger partial charge in [0.2, 0.25) is 0 Å². The molecule has 3 heterocycles. The van der Waals surface area contributed by atoms with Gasteiger partial charge in [-0.2, -0.15) is 5.10 Å². The third-order valence-corrected chi connectivity index (χ3v) is 5.24. The van der Waals surface area contributed by atoms with E-state index >= 15 is 0 Å². The zero-order valence-corrected chi connectivity index (χ0v) is 15.9. The number of carbonyl (C=O) groups is 1. The van der Waals surface area contributed by atoms with Crippen LogP contribution >= 0.6 is 0 Å². The number of benzene rings is 1. The molecule has 6 heteroatoms. The van der Waals surface area contributed by atoms with Crippen molar-refractivity contribution in [3.8, 4) is 0 Å². The van der Waals surface area contributed by atoms with Crippen molar-refractivity contribution in [1.29, 1.82) is 0 Å². The normalized spacial score (nSPS) is 16.9. The van der Waals surface area contributed by atoms with Gasteiger partial charge in [-0.25, -0.2) is 4.39 Å². The number of piperidine rings is 1. The van der Waals surface area contributed by atoms with Gasteiger partial charge in [0.25, 0.3) is 5.91 Å². The van der Waals surface area contributed by atoms with Crippen LogP contribution in [0.2, 0.25) is 0 Å². The molecule has 4 rings (SSSR count). The van der Waals surface area contributed by atoms with E-state index in [-0.39, 0.29) is 17.6 Å². The molecule has 0 bridgehead atoms. The van der Waals surface area contributed by atoms with Gasteiger partial charge in [0.15, 0.2) is 0 Å². The average molecular weight is 378 g/mol. The highest BCUT2D eigenvalue weighted by Crippen LogP contribution is 2.28. The number of aromatic nitrogens is 3. The molecule has 144 valence electrons. The van der Waals surface area contributed by atoms with E-state index < -0.39 is 0 Å². The number of hydrogen-bond acceptors (Lipinski definition) is 3. The maximum Gasteiger partial charge on any atom is 0.271 e. The molecule has 1 aromatic carbocycles. The van der Waals surface area contributed by atoms with Crippen LogP contribution in [-0.2, 0) is 6.42 Å². The van der Waals surface area contributed by atoms with Crippen LogP contribution in [0.5, 0.6) is 0 Å². The zero-order valence-electron chi connectivity index (χ0n) is 15.9. The zero-order chi connectivity index (χ0) is 19.5. The summed E-state index contributed by atoms with van der Waals surface area (Å²) in [6.45, 7) is 3.33. The number of nitrogens with one attached hydrogen (secondary N) is 1.